The van der Waals surface area contributed by atoms with Crippen molar-refractivity contribution in [3.8, 4) is 0 Å². The average molecular weight is 213 g/mol. The number of rotatable bonds is 5. The molecule has 2 atom stereocenters. The van der Waals surface area contributed by atoms with E-state index in [1.807, 2.05) is 6.92 Å². The molecule has 0 bridgehead atoms. The van der Waals surface area contributed by atoms with Gasteiger partial charge in [0.2, 0.25) is 11.8 Å². The Hall–Kier alpha value is -1.10. The third-order valence-electron chi connectivity index (χ3n) is 2.76. The van der Waals surface area contributed by atoms with E-state index < -0.39 is 0 Å². The predicted octanol–water partition coefficient (Wildman–Crippen LogP) is -0.634. The van der Waals surface area contributed by atoms with Crippen LogP contribution >= 0.6 is 0 Å². The fraction of sp³-hybridized carbons (Fsp3) is 0.800. The second kappa shape index (κ2) is 5.70. The van der Waals surface area contributed by atoms with Gasteiger partial charge in [-0.05, 0) is 12.8 Å². The van der Waals surface area contributed by atoms with Crippen LogP contribution in [0.15, 0.2) is 0 Å². The molecule has 1 heterocycles. The molecule has 0 aromatic carbocycles. The summed E-state index contributed by atoms with van der Waals surface area (Å²) in [6.07, 6.45) is 2.12. The molecule has 0 aromatic rings. The van der Waals surface area contributed by atoms with Crippen molar-refractivity contribution >= 4 is 11.8 Å². The first-order valence-corrected chi connectivity index (χ1v) is 5.44. The zero-order valence-electron chi connectivity index (χ0n) is 9.08. The number of hydrogen-bond acceptors (Lipinski definition) is 3. The fourth-order valence-corrected chi connectivity index (χ4v) is 1.66. The van der Waals surface area contributed by atoms with Gasteiger partial charge in [0.25, 0.3) is 0 Å². The fourth-order valence-electron chi connectivity index (χ4n) is 1.66. The smallest absolute Gasteiger partial charge is 0.224 e. The summed E-state index contributed by atoms with van der Waals surface area (Å²) in [5.74, 6) is -0.0524. The van der Waals surface area contributed by atoms with Crippen LogP contribution in [0.3, 0.4) is 0 Å². The molecule has 1 aliphatic heterocycles. The molecule has 15 heavy (non-hydrogen) atoms. The van der Waals surface area contributed by atoms with E-state index in [1.165, 1.54) is 0 Å². The first-order chi connectivity index (χ1) is 7.17. The molecule has 0 spiro atoms. The molecular weight excluding hydrogens is 194 g/mol. The van der Waals surface area contributed by atoms with Gasteiger partial charge in [-0.25, -0.2) is 0 Å². The van der Waals surface area contributed by atoms with Gasteiger partial charge >= 0.3 is 0 Å². The zero-order chi connectivity index (χ0) is 11.3. The van der Waals surface area contributed by atoms with E-state index in [0.29, 0.717) is 19.5 Å². The minimum Gasteiger partial charge on any atom is -0.354 e. The molecule has 0 aliphatic carbocycles. The molecule has 0 aromatic heterocycles. The lowest BCUT2D eigenvalue weighted by Crippen LogP contribution is -2.42. The van der Waals surface area contributed by atoms with Crippen LogP contribution in [0.1, 0.15) is 26.2 Å². The molecule has 5 heteroatoms. The molecule has 1 saturated heterocycles. The van der Waals surface area contributed by atoms with Crippen LogP contribution in [-0.2, 0) is 9.59 Å². The van der Waals surface area contributed by atoms with Crippen molar-refractivity contribution in [1.29, 1.82) is 0 Å². The van der Waals surface area contributed by atoms with Crippen LogP contribution in [0.4, 0.5) is 0 Å². The van der Waals surface area contributed by atoms with E-state index in [-0.39, 0.29) is 23.8 Å². The van der Waals surface area contributed by atoms with Crippen molar-refractivity contribution in [3.05, 3.63) is 0 Å². The summed E-state index contributed by atoms with van der Waals surface area (Å²) in [4.78, 5) is 22.4. The van der Waals surface area contributed by atoms with Gasteiger partial charge < -0.3 is 16.4 Å². The molecule has 0 radical (unpaired) electrons. The van der Waals surface area contributed by atoms with E-state index in [9.17, 15) is 9.59 Å². The molecule has 5 nitrogen and oxygen atoms in total. The molecule has 1 fully saturated rings. The van der Waals surface area contributed by atoms with E-state index in [2.05, 4.69) is 10.6 Å². The van der Waals surface area contributed by atoms with Crippen LogP contribution in [0.25, 0.3) is 0 Å². The number of hydrogen-bond donors (Lipinski definition) is 3. The van der Waals surface area contributed by atoms with Crippen molar-refractivity contribution in [3.63, 3.8) is 0 Å². The van der Waals surface area contributed by atoms with Gasteiger partial charge in [0.05, 0.1) is 0 Å². The first kappa shape index (κ1) is 12.0. The topological polar surface area (TPSA) is 84.2 Å². The van der Waals surface area contributed by atoms with Gasteiger partial charge in [-0.3, -0.25) is 9.59 Å². The Balaban J connectivity index is 2.24. The van der Waals surface area contributed by atoms with Gasteiger partial charge in [-0.1, -0.05) is 6.92 Å². The lowest BCUT2D eigenvalue weighted by molar-refractivity contribution is -0.125. The number of amides is 2. The van der Waals surface area contributed by atoms with Gasteiger partial charge in [-0.2, -0.15) is 0 Å². The molecule has 1 aliphatic rings. The highest BCUT2D eigenvalue weighted by molar-refractivity contribution is 5.80. The number of carbonyl (C=O) groups is 2. The third kappa shape index (κ3) is 3.51. The van der Waals surface area contributed by atoms with Crippen LogP contribution < -0.4 is 16.4 Å². The summed E-state index contributed by atoms with van der Waals surface area (Å²) in [6.45, 7) is 2.83. The Kier molecular flexibility index (Phi) is 4.55. The Morgan fingerprint density at radius 1 is 1.73 bits per heavy atom. The van der Waals surface area contributed by atoms with Crippen LogP contribution in [0.2, 0.25) is 0 Å². The highest BCUT2D eigenvalue weighted by Gasteiger charge is 2.22. The molecule has 2 unspecified atom stereocenters. The maximum Gasteiger partial charge on any atom is 0.224 e. The first-order valence-electron chi connectivity index (χ1n) is 5.44. The SMILES string of the molecule is CCC(CN)C(=O)NCC1CCC(=O)N1. The Bertz CT molecular complexity index is 239. The molecule has 1 rings (SSSR count). The second-order valence-electron chi connectivity index (χ2n) is 3.89. The summed E-state index contributed by atoms with van der Waals surface area (Å²) in [5, 5.41) is 5.61. The molecular formula is C10H19N3O2. The van der Waals surface area contributed by atoms with Crippen LogP contribution in [0, 0.1) is 5.92 Å². The quantitative estimate of drug-likeness (QED) is 0.568. The van der Waals surface area contributed by atoms with Crippen molar-refractivity contribution < 1.29 is 9.59 Å². The van der Waals surface area contributed by atoms with Crippen molar-refractivity contribution in [2.75, 3.05) is 13.1 Å². The van der Waals surface area contributed by atoms with Gasteiger partial charge in [0.15, 0.2) is 0 Å². The summed E-state index contributed by atoms with van der Waals surface area (Å²) >= 11 is 0. The summed E-state index contributed by atoms with van der Waals surface area (Å²) in [5.41, 5.74) is 5.46. The minimum atomic E-state index is -0.109. The Morgan fingerprint density at radius 3 is 2.93 bits per heavy atom. The van der Waals surface area contributed by atoms with E-state index in [1.54, 1.807) is 0 Å². The number of carbonyl (C=O) groups excluding carboxylic acids is 2. The minimum absolute atomic E-state index is 0.0128. The van der Waals surface area contributed by atoms with Crippen molar-refractivity contribution in [2.24, 2.45) is 11.7 Å². The van der Waals surface area contributed by atoms with E-state index >= 15 is 0 Å². The van der Waals surface area contributed by atoms with Crippen LogP contribution in [-0.4, -0.2) is 30.9 Å². The van der Waals surface area contributed by atoms with Gasteiger partial charge in [0, 0.05) is 31.5 Å². The lowest BCUT2D eigenvalue weighted by Gasteiger charge is -2.15. The normalized spacial score (nSPS) is 22.3. The van der Waals surface area contributed by atoms with E-state index in [0.717, 1.165) is 12.8 Å². The molecule has 2 amide bonds. The van der Waals surface area contributed by atoms with Crippen molar-refractivity contribution in [2.45, 2.75) is 32.2 Å². The Morgan fingerprint density at radius 2 is 2.47 bits per heavy atom. The largest absolute Gasteiger partial charge is 0.354 e. The monoisotopic (exact) mass is 213 g/mol. The second-order valence-corrected chi connectivity index (χ2v) is 3.89. The third-order valence-corrected chi connectivity index (χ3v) is 2.76. The highest BCUT2D eigenvalue weighted by Crippen LogP contribution is 2.06. The Labute approximate surface area is 89.8 Å². The molecule has 0 saturated carbocycles. The number of nitrogens with one attached hydrogen (secondary N) is 2. The summed E-state index contributed by atoms with van der Waals surface area (Å²) in [7, 11) is 0. The number of nitrogens with two attached hydrogens (primary N) is 1. The maximum atomic E-state index is 11.5. The standard InChI is InChI=1S/C10H19N3O2/c1-2-7(5-11)10(15)12-6-8-3-4-9(14)13-8/h7-8H,2-6,11H2,1H3,(H,12,15)(H,13,14). The average Bonchev–Trinajstić information content (AvgIpc) is 2.63. The zero-order valence-corrected chi connectivity index (χ0v) is 9.08. The summed E-state index contributed by atoms with van der Waals surface area (Å²) < 4.78 is 0. The van der Waals surface area contributed by atoms with Crippen molar-refractivity contribution in [1.82, 2.24) is 10.6 Å². The predicted molar refractivity (Wildman–Crippen MR) is 57.0 cm³/mol. The summed E-state index contributed by atoms with van der Waals surface area (Å²) in [6, 6.07) is 0.0942. The highest BCUT2D eigenvalue weighted by atomic mass is 16.2. The molecule has 86 valence electrons. The maximum absolute atomic E-state index is 11.5. The van der Waals surface area contributed by atoms with Crippen LogP contribution in [0.5, 0.6) is 0 Å². The lowest BCUT2D eigenvalue weighted by atomic mass is 10.1. The van der Waals surface area contributed by atoms with Gasteiger partial charge in [0.1, 0.15) is 0 Å². The molecule has 4 N–H and O–H groups in total. The van der Waals surface area contributed by atoms with Gasteiger partial charge in [-0.15, -0.1) is 0 Å². The van der Waals surface area contributed by atoms with E-state index in [4.69, 9.17) is 5.73 Å².